The number of rotatable bonds is 10. The number of hydrogen-bond acceptors (Lipinski definition) is 3. The Morgan fingerprint density at radius 2 is 1.65 bits per heavy atom. The largest absolute Gasteiger partial charge is 0.326 e. The van der Waals surface area contributed by atoms with E-state index in [4.69, 9.17) is 4.99 Å². The fraction of sp³-hybridized carbons (Fsp3) is 0.522. The second-order valence-corrected chi connectivity index (χ2v) is 8.54. The van der Waals surface area contributed by atoms with Crippen LogP contribution in [0.3, 0.4) is 0 Å². The first-order valence-electron chi connectivity index (χ1n) is 10.5. The number of benzene rings is 2. The molecule has 0 saturated carbocycles. The molecule has 1 aliphatic heterocycles. The van der Waals surface area contributed by atoms with Gasteiger partial charge >= 0.3 is 0 Å². The molecule has 0 aromatic heterocycles. The van der Waals surface area contributed by atoms with Crippen molar-refractivity contribution in [1.82, 2.24) is 9.80 Å². The van der Waals surface area contributed by atoms with E-state index in [2.05, 4.69) is 88.9 Å². The zero-order valence-electron chi connectivity index (χ0n) is 18.9. The molecule has 0 bridgehead atoms. The summed E-state index contributed by atoms with van der Waals surface area (Å²) < 4.78 is 1.16. The van der Waals surface area contributed by atoms with Crippen molar-refractivity contribution >= 4 is 75.4 Å². The van der Waals surface area contributed by atoms with Gasteiger partial charge < -0.3 is 14.7 Å². The molecular weight excluding hydrogens is 519 g/mol. The van der Waals surface area contributed by atoms with Gasteiger partial charge in [0.2, 0.25) is 0 Å². The van der Waals surface area contributed by atoms with Crippen LogP contribution in [0.5, 0.6) is 0 Å². The first-order valence-corrected chi connectivity index (χ1v) is 11.3. The van der Waals surface area contributed by atoms with Gasteiger partial charge in [0.05, 0.1) is 5.69 Å². The number of nitrogens with zero attached hydrogens (tertiary/aromatic N) is 4. The van der Waals surface area contributed by atoms with Crippen LogP contribution in [0.15, 0.2) is 39.8 Å². The predicted molar refractivity (Wildman–Crippen MR) is 148 cm³/mol. The molecule has 0 amide bonds. The summed E-state index contributed by atoms with van der Waals surface area (Å²) in [5.41, 5.74) is 2.58. The maximum Gasteiger partial charge on any atom is 0.136 e. The number of anilines is 1. The minimum atomic E-state index is 0. The Labute approximate surface area is 214 Å². The topological polar surface area (TPSA) is 22.1 Å². The van der Waals surface area contributed by atoms with Gasteiger partial charge in [-0.15, -0.1) is 37.2 Å². The second-order valence-electron chi connectivity index (χ2n) is 7.69. The molecule has 2 aromatic rings. The molecule has 1 heterocycles. The Balaban J connectivity index is 0.00000300. The van der Waals surface area contributed by atoms with Crippen LogP contribution in [-0.2, 0) is 0 Å². The molecule has 3 rings (SSSR count). The zero-order chi connectivity index (χ0) is 20.1. The minimum absolute atomic E-state index is 0. The Kier molecular flexibility index (Phi) is 14.3. The Bertz CT molecular complexity index is 841. The van der Waals surface area contributed by atoms with Gasteiger partial charge in [-0.1, -0.05) is 48.0 Å². The van der Waals surface area contributed by atoms with E-state index in [-0.39, 0.29) is 37.2 Å². The van der Waals surface area contributed by atoms with Gasteiger partial charge in [0.15, 0.2) is 0 Å². The first kappa shape index (κ1) is 30.4. The molecule has 2 aromatic carbocycles. The highest BCUT2D eigenvalue weighted by atomic mass is 79.9. The molecule has 4 nitrogen and oxygen atoms in total. The SMILES string of the molecule is CCN(CC)CCCN1C(=NCCCN(C)C)c2cccc3c(Br)ccc1c23.Cl.Cl.Cl. The Morgan fingerprint density at radius 1 is 0.935 bits per heavy atom. The molecular formula is C23H36BrCl3N4. The van der Waals surface area contributed by atoms with Crippen LogP contribution in [0, 0.1) is 0 Å². The van der Waals surface area contributed by atoms with Crippen molar-refractivity contribution in [3.63, 3.8) is 0 Å². The molecule has 0 atom stereocenters. The third kappa shape index (κ3) is 7.21. The van der Waals surface area contributed by atoms with E-state index >= 15 is 0 Å². The highest BCUT2D eigenvalue weighted by Crippen LogP contribution is 2.40. The molecule has 31 heavy (non-hydrogen) atoms. The van der Waals surface area contributed by atoms with Crippen LogP contribution < -0.4 is 4.90 Å². The number of aliphatic imine (C=N–C) groups is 1. The van der Waals surface area contributed by atoms with E-state index in [0.717, 1.165) is 62.4 Å². The number of amidine groups is 1. The van der Waals surface area contributed by atoms with Gasteiger partial charge in [0.25, 0.3) is 0 Å². The molecule has 0 unspecified atom stereocenters. The fourth-order valence-electron chi connectivity index (χ4n) is 3.98. The summed E-state index contributed by atoms with van der Waals surface area (Å²) in [6.45, 7) is 10.8. The summed E-state index contributed by atoms with van der Waals surface area (Å²) in [5.74, 6) is 1.15. The van der Waals surface area contributed by atoms with Crippen molar-refractivity contribution in [2.45, 2.75) is 26.7 Å². The minimum Gasteiger partial charge on any atom is -0.326 e. The molecule has 0 N–H and O–H groups in total. The molecule has 0 spiro atoms. The summed E-state index contributed by atoms with van der Waals surface area (Å²) in [6, 6.07) is 11.0. The van der Waals surface area contributed by atoms with Crippen LogP contribution in [0.1, 0.15) is 32.3 Å². The van der Waals surface area contributed by atoms with Crippen LogP contribution in [0.2, 0.25) is 0 Å². The standard InChI is InChI=1S/C23H33BrN4.3ClH/c1-5-27(6-2)16-9-17-28-21-13-12-20(24)18-10-7-11-19(22(18)21)23(28)25-14-8-15-26(3)4;;;/h7,10-13H,5-6,8-9,14-17H2,1-4H3;3*1H. The number of halogens is 4. The van der Waals surface area contributed by atoms with Crippen LogP contribution in [0.4, 0.5) is 5.69 Å². The third-order valence-corrected chi connectivity index (χ3v) is 6.22. The van der Waals surface area contributed by atoms with Gasteiger partial charge in [0, 0.05) is 28.5 Å². The summed E-state index contributed by atoms with van der Waals surface area (Å²) in [7, 11) is 4.24. The van der Waals surface area contributed by atoms with E-state index < -0.39 is 0 Å². The highest BCUT2D eigenvalue weighted by molar-refractivity contribution is 9.10. The maximum absolute atomic E-state index is 5.07. The van der Waals surface area contributed by atoms with Crippen LogP contribution in [-0.4, -0.2) is 69.0 Å². The highest BCUT2D eigenvalue weighted by Gasteiger charge is 2.28. The molecule has 0 aliphatic carbocycles. The lowest BCUT2D eigenvalue weighted by Gasteiger charge is -2.24. The van der Waals surface area contributed by atoms with Crippen molar-refractivity contribution in [1.29, 1.82) is 0 Å². The van der Waals surface area contributed by atoms with Gasteiger partial charge in [-0.25, -0.2) is 0 Å². The van der Waals surface area contributed by atoms with E-state index in [1.807, 2.05) is 0 Å². The normalized spacial score (nSPS) is 13.5. The predicted octanol–water partition coefficient (Wildman–Crippen LogP) is 6.12. The molecule has 8 heteroatoms. The average molecular weight is 555 g/mol. The van der Waals surface area contributed by atoms with Crippen molar-refractivity contribution in [2.24, 2.45) is 4.99 Å². The molecule has 1 aliphatic rings. The summed E-state index contributed by atoms with van der Waals surface area (Å²) >= 11 is 3.73. The Morgan fingerprint density at radius 3 is 2.29 bits per heavy atom. The van der Waals surface area contributed by atoms with E-state index in [9.17, 15) is 0 Å². The monoisotopic (exact) mass is 552 g/mol. The van der Waals surface area contributed by atoms with Crippen molar-refractivity contribution in [3.8, 4) is 0 Å². The molecule has 176 valence electrons. The van der Waals surface area contributed by atoms with Crippen molar-refractivity contribution in [3.05, 3.63) is 40.4 Å². The van der Waals surface area contributed by atoms with Crippen molar-refractivity contribution in [2.75, 3.05) is 58.3 Å². The molecule has 0 radical (unpaired) electrons. The summed E-state index contributed by atoms with van der Waals surface area (Å²) in [5, 5.41) is 2.62. The maximum atomic E-state index is 5.07. The van der Waals surface area contributed by atoms with E-state index in [0.29, 0.717) is 0 Å². The van der Waals surface area contributed by atoms with Crippen LogP contribution >= 0.6 is 53.2 Å². The summed E-state index contributed by atoms with van der Waals surface area (Å²) in [6.07, 6.45) is 2.23. The molecule has 0 saturated heterocycles. The number of hydrogen-bond donors (Lipinski definition) is 0. The molecule has 0 fully saturated rings. The lowest BCUT2D eigenvalue weighted by molar-refractivity contribution is 0.302. The van der Waals surface area contributed by atoms with E-state index in [1.54, 1.807) is 0 Å². The lowest BCUT2D eigenvalue weighted by Crippen LogP contribution is -2.32. The van der Waals surface area contributed by atoms with Gasteiger partial charge in [-0.3, -0.25) is 4.99 Å². The zero-order valence-corrected chi connectivity index (χ0v) is 23.0. The lowest BCUT2D eigenvalue weighted by atomic mass is 10.1. The van der Waals surface area contributed by atoms with E-state index in [1.165, 1.54) is 22.0 Å². The van der Waals surface area contributed by atoms with Gasteiger partial charge in [0.1, 0.15) is 5.84 Å². The summed E-state index contributed by atoms with van der Waals surface area (Å²) in [4.78, 5) is 12.2. The average Bonchev–Trinajstić information content (AvgIpc) is 2.99. The van der Waals surface area contributed by atoms with Crippen LogP contribution in [0.25, 0.3) is 10.8 Å². The Hall–Kier alpha value is -0.560. The third-order valence-electron chi connectivity index (χ3n) is 5.53. The smallest absolute Gasteiger partial charge is 0.136 e. The quantitative estimate of drug-likeness (QED) is 0.331. The second kappa shape index (κ2) is 14.6. The van der Waals surface area contributed by atoms with Gasteiger partial charge in [-0.05, 0) is 70.6 Å². The van der Waals surface area contributed by atoms with Crippen molar-refractivity contribution < 1.29 is 0 Å². The van der Waals surface area contributed by atoms with Gasteiger partial charge in [-0.2, -0.15) is 0 Å². The first-order chi connectivity index (χ1) is 13.6. The fourth-order valence-corrected chi connectivity index (χ4v) is 4.45.